The highest BCUT2D eigenvalue weighted by molar-refractivity contribution is 5.78. The van der Waals surface area contributed by atoms with Gasteiger partial charge in [-0.2, -0.15) is 0 Å². The first kappa shape index (κ1) is 25.3. The molecule has 0 saturated heterocycles. The average Bonchev–Trinajstić information content (AvgIpc) is 3.24. The second-order valence-electron chi connectivity index (χ2n) is 9.88. The van der Waals surface area contributed by atoms with Gasteiger partial charge in [-0.3, -0.25) is 15.0 Å². The summed E-state index contributed by atoms with van der Waals surface area (Å²) >= 11 is 0. The highest BCUT2D eigenvalue weighted by Gasteiger charge is 2.26. The Morgan fingerprint density at radius 3 is 2.74 bits per heavy atom. The van der Waals surface area contributed by atoms with Crippen molar-refractivity contribution in [1.82, 2.24) is 20.4 Å². The predicted molar refractivity (Wildman–Crippen MR) is 141 cm³/mol. The summed E-state index contributed by atoms with van der Waals surface area (Å²) in [6.07, 6.45) is 9.79. The third-order valence-corrected chi connectivity index (χ3v) is 7.35. The summed E-state index contributed by atoms with van der Waals surface area (Å²) in [6, 6.07) is 10.1. The van der Waals surface area contributed by atoms with E-state index in [0.29, 0.717) is 6.04 Å². The van der Waals surface area contributed by atoms with E-state index < -0.39 is 0 Å². The number of H-pyrrole nitrogens is 2. The molecular formula is C28H40N4O3. The Kier molecular flexibility index (Phi) is 8.88. The minimum absolute atomic E-state index is 0.00285. The normalized spacial score (nSPS) is 15.7. The summed E-state index contributed by atoms with van der Waals surface area (Å²) < 4.78 is 0. The van der Waals surface area contributed by atoms with Crippen LogP contribution in [0, 0.1) is 0 Å². The number of unbranched alkanes of at least 4 members (excludes halogenated alkanes) is 3. The number of aromatic amines is 2. The number of fused-ring (bicyclic) bond motifs is 2. The molecule has 0 fully saturated rings. The topological polar surface area (TPSA) is 104 Å². The quantitative estimate of drug-likeness (QED) is 0.186. The lowest BCUT2D eigenvalue weighted by Crippen LogP contribution is -2.40. The van der Waals surface area contributed by atoms with Gasteiger partial charge in [-0.1, -0.05) is 31.9 Å². The molecule has 0 spiro atoms. The smallest absolute Gasteiger partial charge is 0.271 e. The minimum atomic E-state index is -0.0554. The zero-order valence-electron chi connectivity index (χ0n) is 20.9. The van der Waals surface area contributed by atoms with E-state index in [4.69, 9.17) is 0 Å². The number of nitrogens with zero attached hydrogens (tertiary/aromatic N) is 1. The highest BCUT2D eigenvalue weighted by atomic mass is 16.3. The fourth-order valence-corrected chi connectivity index (χ4v) is 5.39. The Labute approximate surface area is 207 Å². The van der Waals surface area contributed by atoms with Gasteiger partial charge in [-0.25, -0.2) is 0 Å². The third kappa shape index (κ3) is 6.47. The van der Waals surface area contributed by atoms with Crippen LogP contribution in [0.2, 0.25) is 0 Å². The molecule has 0 amide bonds. The number of aromatic nitrogens is 2. The monoisotopic (exact) mass is 480 g/mol. The van der Waals surface area contributed by atoms with Gasteiger partial charge in [0, 0.05) is 11.6 Å². The van der Waals surface area contributed by atoms with Gasteiger partial charge in [0.1, 0.15) is 0 Å². The molecule has 0 saturated carbocycles. The molecule has 7 heteroatoms. The first-order chi connectivity index (χ1) is 17.1. The molecule has 1 aliphatic carbocycles. The van der Waals surface area contributed by atoms with Crippen LogP contribution in [0.4, 0.5) is 0 Å². The van der Waals surface area contributed by atoms with Crippen LogP contribution >= 0.6 is 0 Å². The Balaban J connectivity index is 1.11. The Morgan fingerprint density at radius 1 is 1.03 bits per heavy atom. The van der Waals surface area contributed by atoms with Crippen LogP contribution < -0.4 is 10.9 Å². The summed E-state index contributed by atoms with van der Waals surface area (Å²) in [6.45, 7) is 6.45. The molecule has 0 unspecified atom stereocenters. The lowest BCUT2D eigenvalue weighted by Gasteiger charge is -2.35. The van der Waals surface area contributed by atoms with E-state index in [1.165, 1.54) is 36.8 Å². The number of phenols is 2. The van der Waals surface area contributed by atoms with Crippen LogP contribution in [0.1, 0.15) is 62.1 Å². The van der Waals surface area contributed by atoms with Crippen molar-refractivity contribution in [3.63, 3.8) is 0 Å². The van der Waals surface area contributed by atoms with Gasteiger partial charge in [-0.15, -0.1) is 0 Å². The number of aromatic hydroxyl groups is 2. The number of hydrogen-bond donors (Lipinski definition) is 5. The fraction of sp³-hybridized carbons (Fsp3) is 0.536. The van der Waals surface area contributed by atoms with Crippen molar-refractivity contribution in [2.45, 2.75) is 70.8 Å². The lowest BCUT2D eigenvalue weighted by molar-refractivity contribution is 0.175. The molecule has 35 heavy (non-hydrogen) atoms. The van der Waals surface area contributed by atoms with E-state index in [2.05, 4.69) is 33.4 Å². The van der Waals surface area contributed by atoms with E-state index in [-0.39, 0.29) is 17.1 Å². The molecule has 1 atom stereocenters. The second-order valence-corrected chi connectivity index (χ2v) is 9.88. The molecule has 190 valence electrons. The van der Waals surface area contributed by atoms with Crippen molar-refractivity contribution in [3.05, 3.63) is 57.4 Å². The predicted octanol–water partition coefficient (Wildman–Crippen LogP) is 4.23. The maximum Gasteiger partial charge on any atom is 0.271 e. The van der Waals surface area contributed by atoms with Crippen LogP contribution in [0.5, 0.6) is 11.5 Å². The van der Waals surface area contributed by atoms with Gasteiger partial charge in [0.25, 0.3) is 5.56 Å². The van der Waals surface area contributed by atoms with Gasteiger partial charge >= 0.3 is 0 Å². The number of nitrogens with one attached hydrogen (secondary N) is 3. The minimum Gasteiger partial charge on any atom is -0.504 e. The Bertz CT molecular complexity index is 1150. The van der Waals surface area contributed by atoms with E-state index in [9.17, 15) is 15.0 Å². The third-order valence-electron chi connectivity index (χ3n) is 7.35. The SMILES string of the molecule is CCCN(CCCCCCNCCc1ccc2[nH][nH]c(=O)c2c1)[C@H]1CCc2c(ccc(O)c2O)C1. The molecule has 1 aromatic heterocycles. The molecular weight excluding hydrogens is 440 g/mol. The first-order valence-electron chi connectivity index (χ1n) is 13.2. The summed E-state index contributed by atoms with van der Waals surface area (Å²) in [5.41, 5.74) is 4.10. The summed E-state index contributed by atoms with van der Waals surface area (Å²) in [4.78, 5) is 14.4. The molecule has 1 heterocycles. The van der Waals surface area contributed by atoms with Crippen molar-refractivity contribution in [1.29, 1.82) is 0 Å². The average molecular weight is 481 g/mol. The van der Waals surface area contributed by atoms with Gasteiger partial charge in [0.05, 0.1) is 10.9 Å². The standard InChI is InChI=1S/C28H40N4O3/c1-2-16-32(22-9-10-23-21(19-22)8-12-26(33)27(23)34)17-6-4-3-5-14-29-15-13-20-7-11-25-24(18-20)28(35)31-30-25/h7-8,11-12,18,22,29,33-34H,2-6,9-10,13-17,19H2,1H3,(H2,30,31,35)/t22-/m0/s1. The lowest BCUT2D eigenvalue weighted by atomic mass is 9.86. The van der Waals surface area contributed by atoms with Crippen LogP contribution in [0.3, 0.4) is 0 Å². The zero-order valence-corrected chi connectivity index (χ0v) is 20.9. The fourth-order valence-electron chi connectivity index (χ4n) is 5.39. The van der Waals surface area contributed by atoms with Crippen molar-refractivity contribution in [2.24, 2.45) is 0 Å². The molecule has 0 aliphatic heterocycles. The van der Waals surface area contributed by atoms with Crippen LogP contribution in [-0.4, -0.2) is 57.5 Å². The molecule has 4 rings (SSSR count). The van der Waals surface area contributed by atoms with Gasteiger partial charge in [0.2, 0.25) is 0 Å². The van der Waals surface area contributed by atoms with Crippen LogP contribution in [-0.2, 0) is 19.3 Å². The van der Waals surface area contributed by atoms with Gasteiger partial charge in [0.15, 0.2) is 11.5 Å². The van der Waals surface area contributed by atoms with Crippen molar-refractivity contribution in [3.8, 4) is 11.5 Å². The number of rotatable bonds is 13. The Morgan fingerprint density at radius 2 is 1.89 bits per heavy atom. The van der Waals surface area contributed by atoms with E-state index in [1.54, 1.807) is 6.07 Å². The number of hydrogen-bond acceptors (Lipinski definition) is 5. The zero-order chi connectivity index (χ0) is 24.6. The van der Waals surface area contributed by atoms with Gasteiger partial charge in [-0.05, 0) is 100 Å². The molecule has 0 bridgehead atoms. The maximum absolute atomic E-state index is 11.8. The van der Waals surface area contributed by atoms with Crippen LogP contribution in [0.15, 0.2) is 35.1 Å². The molecule has 2 aromatic carbocycles. The van der Waals surface area contributed by atoms with Crippen LogP contribution in [0.25, 0.3) is 10.9 Å². The largest absolute Gasteiger partial charge is 0.504 e. The molecule has 1 aliphatic rings. The van der Waals surface area contributed by atoms with Crippen molar-refractivity contribution in [2.75, 3.05) is 26.2 Å². The van der Waals surface area contributed by atoms with Gasteiger partial charge < -0.3 is 20.4 Å². The summed E-state index contributed by atoms with van der Waals surface area (Å²) in [5, 5.41) is 29.7. The number of benzene rings is 2. The van der Waals surface area contributed by atoms with E-state index in [1.807, 2.05) is 18.2 Å². The molecule has 7 nitrogen and oxygen atoms in total. The maximum atomic E-state index is 11.8. The summed E-state index contributed by atoms with van der Waals surface area (Å²) in [7, 11) is 0. The number of phenolic OH excluding ortho intramolecular Hbond substituents is 2. The highest BCUT2D eigenvalue weighted by Crippen LogP contribution is 2.36. The van der Waals surface area contributed by atoms with E-state index in [0.717, 1.165) is 74.7 Å². The molecule has 3 aromatic rings. The second kappa shape index (κ2) is 12.3. The van der Waals surface area contributed by atoms with Crippen molar-refractivity contribution < 1.29 is 10.2 Å². The van der Waals surface area contributed by atoms with E-state index >= 15 is 0 Å². The Hall–Kier alpha value is -2.77. The molecule has 5 N–H and O–H groups in total. The van der Waals surface area contributed by atoms with Crippen molar-refractivity contribution >= 4 is 10.9 Å². The summed E-state index contributed by atoms with van der Waals surface area (Å²) in [5.74, 6) is 0.0745. The molecule has 0 radical (unpaired) electrons. The first-order valence-corrected chi connectivity index (χ1v) is 13.2.